The summed E-state index contributed by atoms with van der Waals surface area (Å²) in [5.41, 5.74) is 0. The molecule has 5 atom stereocenters. The van der Waals surface area contributed by atoms with E-state index in [0.717, 1.165) is 161 Å². The summed E-state index contributed by atoms with van der Waals surface area (Å²) in [4.78, 5) is 73.0. The van der Waals surface area contributed by atoms with Gasteiger partial charge in [0.05, 0.1) is 26.4 Å². The van der Waals surface area contributed by atoms with Gasteiger partial charge < -0.3 is 33.8 Å². The Morgan fingerprint density at radius 2 is 0.529 bits per heavy atom. The van der Waals surface area contributed by atoms with Gasteiger partial charge in [0.25, 0.3) is 0 Å². The van der Waals surface area contributed by atoms with Crippen LogP contribution in [-0.4, -0.2) is 96.7 Å². The van der Waals surface area contributed by atoms with E-state index in [-0.39, 0.29) is 25.7 Å². The lowest BCUT2D eigenvalue weighted by atomic mass is 10.1. The van der Waals surface area contributed by atoms with Gasteiger partial charge >= 0.3 is 39.5 Å². The second-order valence-corrected chi connectivity index (χ2v) is 29.5. The summed E-state index contributed by atoms with van der Waals surface area (Å²) in [5.74, 6) is -2.28. The molecular formula is C83H144O17P2. The fourth-order valence-electron chi connectivity index (χ4n) is 10.6. The molecule has 19 heteroatoms. The first-order chi connectivity index (χ1) is 49.7. The van der Waals surface area contributed by atoms with E-state index in [2.05, 4.69) is 119 Å². The predicted octanol–water partition coefficient (Wildman–Crippen LogP) is 23.3. The molecular weight excluding hydrogens is 1330 g/mol. The largest absolute Gasteiger partial charge is 0.472 e. The number of esters is 4. The zero-order valence-corrected chi connectivity index (χ0v) is 66.0. The van der Waals surface area contributed by atoms with Gasteiger partial charge in [0.15, 0.2) is 12.2 Å². The smallest absolute Gasteiger partial charge is 0.462 e. The molecule has 2 unspecified atom stereocenters. The molecule has 102 heavy (non-hydrogen) atoms. The van der Waals surface area contributed by atoms with Crippen molar-refractivity contribution in [2.45, 2.75) is 354 Å². The van der Waals surface area contributed by atoms with Crippen molar-refractivity contribution >= 4 is 39.5 Å². The van der Waals surface area contributed by atoms with Crippen LogP contribution in [-0.2, 0) is 65.4 Å². The summed E-state index contributed by atoms with van der Waals surface area (Å²) in [6.45, 7) is 4.65. The standard InChI is InChI=1S/C83H144O17P2/c1-5-9-13-17-21-25-29-33-36-37-38-39-42-44-48-52-56-60-64-68-81(86)94-74-79(100-83(88)70-66-62-58-54-50-46-41-35-31-27-23-19-15-11-7-3)76-98-102(91,92)96-72-77(84)71-95-101(89,90)97-75-78(73-93-80(85)67-63-59-55-51-47-43-32-28-24-20-16-12-8-4)99-82(87)69-65-61-57-53-49-45-40-34-30-26-22-18-14-10-6-2/h9,13,21,25-26,28,30,32-33,35-36,38-39,41,44,48,56,60,77-79,84H,5-8,10-12,14-20,22-24,27,29,31,34,37,40,42-43,45-47,49-55,57-59,61-76H2,1-4H3,(H,89,90)(H,91,92)/b13-9-,25-21-,30-26-,32-28-,36-33-,39-38-,41-35-,48-44-,60-56-/t77-,78+,79+/m0/s1. The Bertz CT molecular complexity index is 2360. The summed E-state index contributed by atoms with van der Waals surface area (Å²) in [6, 6.07) is 0. The highest BCUT2D eigenvalue weighted by molar-refractivity contribution is 7.47. The normalized spacial score (nSPS) is 14.5. The van der Waals surface area contributed by atoms with E-state index in [1.165, 1.54) is 89.9 Å². The Labute approximate surface area is 619 Å². The van der Waals surface area contributed by atoms with Crippen LogP contribution in [0.4, 0.5) is 0 Å². The third kappa shape index (κ3) is 74.0. The maximum Gasteiger partial charge on any atom is 0.472 e. The van der Waals surface area contributed by atoms with Crippen molar-refractivity contribution in [3.8, 4) is 0 Å². The van der Waals surface area contributed by atoms with E-state index in [1.807, 2.05) is 18.2 Å². The van der Waals surface area contributed by atoms with Gasteiger partial charge in [0, 0.05) is 25.7 Å². The van der Waals surface area contributed by atoms with Crippen molar-refractivity contribution in [3.05, 3.63) is 109 Å². The molecule has 17 nitrogen and oxygen atoms in total. The highest BCUT2D eigenvalue weighted by Gasteiger charge is 2.30. The lowest BCUT2D eigenvalue weighted by Gasteiger charge is -2.21. The van der Waals surface area contributed by atoms with Gasteiger partial charge in [-0.15, -0.1) is 0 Å². The van der Waals surface area contributed by atoms with Crippen LogP contribution in [0.3, 0.4) is 0 Å². The molecule has 0 radical (unpaired) electrons. The molecule has 0 saturated heterocycles. The number of aliphatic hydroxyl groups excluding tert-OH is 1. The number of hydrogen-bond acceptors (Lipinski definition) is 15. The minimum atomic E-state index is -5.00. The Morgan fingerprint density at radius 3 is 0.853 bits per heavy atom. The van der Waals surface area contributed by atoms with Gasteiger partial charge in [-0.3, -0.25) is 37.3 Å². The number of unbranched alkanes of at least 4 members (excludes halogenated alkanes) is 31. The summed E-state index contributed by atoms with van der Waals surface area (Å²) in [6.07, 6.45) is 80.8. The van der Waals surface area contributed by atoms with Crippen LogP contribution < -0.4 is 0 Å². The molecule has 0 saturated carbocycles. The van der Waals surface area contributed by atoms with Crippen LogP contribution in [0.1, 0.15) is 336 Å². The number of phosphoric acid groups is 2. The molecule has 0 aliphatic carbocycles. The molecule has 3 N–H and O–H groups in total. The van der Waals surface area contributed by atoms with Gasteiger partial charge in [-0.2, -0.15) is 0 Å². The van der Waals surface area contributed by atoms with Gasteiger partial charge in [-0.05, 0) is 141 Å². The summed E-state index contributed by atoms with van der Waals surface area (Å²) in [5, 5.41) is 10.6. The maximum atomic E-state index is 13.1. The number of hydrogen-bond donors (Lipinski definition) is 3. The molecule has 0 aliphatic heterocycles. The molecule has 0 aromatic heterocycles. The summed E-state index contributed by atoms with van der Waals surface area (Å²) >= 11 is 0. The highest BCUT2D eigenvalue weighted by Crippen LogP contribution is 2.45. The third-order valence-electron chi connectivity index (χ3n) is 16.7. The number of rotatable bonds is 75. The number of phosphoric ester groups is 2. The zero-order chi connectivity index (χ0) is 74.6. The first-order valence-corrected chi connectivity index (χ1v) is 43.1. The lowest BCUT2D eigenvalue weighted by molar-refractivity contribution is -0.161. The monoisotopic (exact) mass is 1470 g/mol. The van der Waals surface area contributed by atoms with Gasteiger partial charge in [0.1, 0.15) is 19.3 Å². The fourth-order valence-corrected chi connectivity index (χ4v) is 12.2. The van der Waals surface area contributed by atoms with Crippen molar-refractivity contribution < 1.29 is 80.2 Å². The second kappa shape index (κ2) is 75.0. The van der Waals surface area contributed by atoms with Gasteiger partial charge in [-0.25, -0.2) is 9.13 Å². The first-order valence-electron chi connectivity index (χ1n) is 40.1. The second-order valence-electron chi connectivity index (χ2n) is 26.6. The van der Waals surface area contributed by atoms with Gasteiger partial charge in [-0.1, -0.05) is 278 Å². The lowest BCUT2D eigenvalue weighted by Crippen LogP contribution is -2.30. The van der Waals surface area contributed by atoms with Crippen LogP contribution in [0.2, 0.25) is 0 Å². The van der Waals surface area contributed by atoms with Crippen molar-refractivity contribution in [1.29, 1.82) is 0 Å². The molecule has 588 valence electrons. The number of carbonyl (C=O) groups excluding carboxylic acids is 4. The Hall–Kier alpha value is -4.28. The van der Waals surface area contributed by atoms with Crippen LogP contribution in [0.15, 0.2) is 109 Å². The van der Waals surface area contributed by atoms with Crippen LogP contribution >= 0.6 is 15.6 Å². The van der Waals surface area contributed by atoms with E-state index in [9.17, 15) is 43.2 Å². The van der Waals surface area contributed by atoms with Crippen molar-refractivity contribution in [2.75, 3.05) is 39.6 Å². The number of aliphatic hydroxyl groups is 1. The average molecular weight is 1480 g/mol. The maximum absolute atomic E-state index is 13.1. The van der Waals surface area contributed by atoms with Gasteiger partial charge in [0.2, 0.25) is 0 Å². The van der Waals surface area contributed by atoms with E-state index < -0.39 is 97.5 Å². The van der Waals surface area contributed by atoms with Crippen LogP contribution in [0, 0.1) is 0 Å². The molecule has 0 heterocycles. The molecule has 0 rings (SSSR count). The quantitative estimate of drug-likeness (QED) is 0.0169. The van der Waals surface area contributed by atoms with Crippen molar-refractivity contribution in [3.63, 3.8) is 0 Å². The van der Waals surface area contributed by atoms with Crippen LogP contribution in [0.5, 0.6) is 0 Å². The molecule has 0 aromatic carbocycles. The number of carbonyl (C=O) groups is 4. The first kappa shape index (κ1) is 97.7. The molecule has 0 fully saturated rings. The molecule has 0 bridgehead atoms. The molecule has 0 aliphatic rings. The molecule has 0 spiro atoms. The molecule has 0 amide bonds. The van der Waals surface area contributed by atoms with Crippen molar-refractivity contribution in [2.24, 2.45) is 0 Å². The molecule has 0 aromatic rings. The van der Waals surface area contributed by atoms with E-state index >= 15 is 0 Å². The SMILES string of the molecule is CC/C=C\C/C=C\C/C=C\C/C=C\C/C=C\C/C=C\CCC(=O)OC[C@H](COP(=O)(O)OC[C@@H](O)COP(=O)(O)OC[C@@H](COC(=O)CCCCCCC/C=C\CCCCCC)OC(=O)CCCCCCCCC/C=C\CCCCCC)OC(=O)CCCCCCC/C=C\CCCCCCCC. The average Bonchev–Trinajstić information content (AvgIpc) is 0.920. The minimum absolute atomic E-state index is 0.0340. The summed E-state index contributed by atoms with van der Waals surface area (Å²) in [7, 11) is -9.98. The topological polar surface area (TPSA) is 237 Å². The van der Waals surface area contributed by atoms with Crippen molar-refractivity contribution in [1.82, 2.24) is 0 Å². The Morgan fingerprint density at radius 1 is 0.284 bits per heavy atom. The minimum Gasteiger partial charge on any atom is -0.462 e. The predicted molar refractivity (Wildman–Crippen MR) is 418 cm³/mol. The Balaban J connectivity index is 5.42. The zero-order valence-electron chi connectivity index (χ0n) is 64.3. The number of allylic oxidation sites excluding steroid dienone is 18. The van der Waals surface area contributed by atoms with E-state index in [0.29, 0.717) is 32.1 Å². The number of ether oxygens (including phenoxy) is 4. The van der Waals surface area contributed by atoms with Crippen LogP contribution in [0.25, 0.3) is 0 Å². The van der Waals surface area contributed by atoms with E-state index in [4.69, 9.17) is 37.0 Å². The van der Waals surface area contributed by atoms with E-state index in [1.54, 1.807) is 0 Å². The third-order valence-corrected chi connectivity index (χ3v) is 18.6. The summed E-state index contributed by atoms with van der Waals surface area (Å²) < 4.78 is 68.5. The highest BCUT2D eigenvalue weighted by atomic mass is 31.2. The Kier molecular flexibility index (Phi) is 71.8. The fraction of sp³-hybridized carbons (Fsp3) is 0.735.